The number of anilines is 1. The monoisotopic (exact) mass is 376 g/mol. The normalized spacial score (nSPS) is 25.9. The van der Waals surface area contributed by atoms with Gasteiger partial charge in [0.1, 0.15) is 5.52 Å². The molecular weight excluding hydrogens is 351 g/mol. The Morgan fingerprint density at radius 2 is 2.04 bits per heavy atom. The summed E-state index contributed by atoms with van der Waals surface area (Å²) in [7, 11) is 0. The quantitative estimate of drug-likeness (QED) is 0.752. The number of halogens is 1. The van der Waals surface area contributed by atoms with E-state index >= 15 is 4.39 Å². The predicted molar refractivity (Wildman–Crippen MR) is 98.4 cm³/mol. The van der Waals surface area contributed by atoms with E-state index in [4.69, 9.17) is 0 Å². The Morgan fingerprint density at radius 1 is 1.33 bits per heavy atom. The van der Waals surface area contributed by atoms with Gasteiger partial charge in [-0.2, -0.15) is 5.10 Å². The van der Waals surface area contributed by atoms with Gasteiger partial charge in [-0.15, -0.1) is 0 Å². The highest BCUT2D eigenvalue weighted by molar-refractivity contribution is 6.01. The lowest BCUT2D eigenvalue weighted by molar-refractivity contribution is -0.0468. The number of pyridine rings is 1. The number of amides is 1. The number of aliphatic hydroxyl groups excluding tert-OH is 1. The van der Waals surface area contributed by atoms with Crippen LogP contribution >= 0.6 is 0 Å². The van der Waals surface area contributed by atoms with Crippen LogP contribution in [0.2, 0.25) is 0 Å². The Labute approximate surface area is 156 Å². The number of hydrogen-bond donors (Lipinski definition) is 3. The van der Waals surface area contributed by atoms with Crippen LogP contribution in [0.3, 0.4) is 0 Å². The van der Waals surface area contributed by atoms with Gasteiger partial charge in [-0.05, 0) is 44.6 Å². The van der Waals surface area contributed by atoms with Crippen molar-refractivity contribution in [2.24, 2.45) is 0 Å². The SMILES string of the molecule is O=C(NC1CCC(O)(CO)CC1)c1cnn2ccc(N3CCCC3)c(F)c12. The summed E-state index contributed by atoms with van der Waals surface area (Å²) in [5.74, 6) is -0.776. The van der Waals surface area contributed by atoms with Crippen molar-refractivity contribution in [3.05, 3.63) is 29.8 Å². The molecule has 1 amide bonds. The minimum absolute atomic E-state index is 0.107. The molecule has 146 valence electrons. The van der Waals surface area contributed by atoms with Crippen LogP contribution in [0.15, 0.2) is 18.5 Å². The van der Waals surface area contributed by atoms with Crippen LogP contribution in [0.5, 0.6) is 0 Å². The fourth-order valence-corrected chi connectivity index (χ4v) is 4.12. The molecular formula is C19H25FN4O3. The highest BCUT2D eigenvalue weighted by Crippen LogP contribution is 2.30. The summed E-state index contributed by atoms with van der Waals surface area (Å²) in [6.07, 6.45) is 7.16. The molecule has 7 nitrogen and oxygen atoms in total. The first kappa shape index (κ1) is 18.2. The number of aromatic nitrogens is 2. The zero-order valence-corrected chi connectivity index (χ0v) is 15.2. The number of aliphatic hydroxyl groups is 2. The van der Waals surface area contributed by atoms with Gasteiger partial charge >= 0.3 is 0 Å². The lowest BCUT2D eigenvalue weighted by Crippen LogP contribution is -2.45. The molecule has 2 aromatic heterocycles. The number of carbonyl (C=O) groups excluding carboxylic acids is 1. The predicted octanol–water partition coefficient (Wildman–Crippen LogP) is 1.47. The van der Waals surface area contributed by atoms with Crippen molar-refractivity contribution in [1.82, 2.24) is 14.9 Å². The summed E-state index contributed by atoms with van der Waals surface area (Å²) in [5, 5.41) is 26.4. The topological polar surface area (TPSA) is 90.1 Å². The molecule has 2 aromatic rings. The third kappa shape index (κ3) is 3.39. The first-order valence-corrected chi connectivity index (χ1v) is 9.56. The van der Waals surface area contributed by atoms with E-state index in [1.807, 2.05) is 4.90 Å². The smallest absolute Gasteiger partial charge is 0.255 e. The van der Waals surface area contributed by atoms with Crippen LogP contribution in [0.25, 0.3) is 5.52 Å². The highest BCUT2D eigenvalue weighted by atomic mass is 19.1. The van der Waals surface area contributed by atoms with Crippen molar-refractivity contribution < 1.29 is 19.4 Å². The summed E-state index contributed by atoms with van der Waals surface area (Å²) < 4.78 is 16.6. The molecule has 0 radical (unpaired) electrons. The number of nitrogens with zero attached hydrogens (tertiary/aromatic N) is 3. The van der Waals surface area contributed by atoms with E-state index in [1.165, 1.54) is 10.7 Å². The summed E-state index contributed by atoms with van der Waals surface area (Å²) in [5.41, 5.74) is -0.126. The third-order valence-corrected chi connectivity index (χ3v) is 5.84. The number of fused-ring (bicyclic) bond motifs is 1. The second-order valence-corrected chi connectivity index (χ2v) is 7.69. The van der Waals surface area contributed by atoms with E-state index in [0.29, 0.717) is 31.4 Å². The molecule has 1 aliphatic heterocycles. The second-order valence-electron chi connectivity index (χ2n) is 7.69. The van der Waals surface area contributed by atoms with Crippen molar-refractivity contribution in [2.75, 3.05) is 24.6 Å². The second kappa shape index (κ2) is 7.09. The van der Waals surface area contributed by atoms with Crippen LogP contribution < -0.4 is 10.2 Å². The Bertz CT molecular complexity index is 839. The maximum atomic E-state index is 15.2. The molecule has 2 aliphatic rings. The van der Waals surface area contributed by atoms with Crippen molar-refractivity contribution in [3.63, 3.8) is 0 Å². The Balaban J connectivity index is 1.54. The van der Waals surface area contributed by atoms with E-state index in [1.54, 1.807) is 12.3 Å². The van der Waals surface area contributed by atoms with E-state index in [2.05, 4.69) is 10.4 Å². The van der Waals surface area contributed by atoms with Crippen molar-refractivity contribution in [3.8, 4) is 0 Å². The van der Waals surface area contributed by atoms with Gasteiger partial charge in [0.25, 0.3) is 5.91 Å². The van der Waals surface area contributed by atoms with Crippen molar-refractivity contribution in [2.45, 2.75) is 50.2 Å². The Hall–Kier alpha value is -2.19. The fourth-order valence-electron chi connectivity index (χ4n) is 4.12. The third-order valence-electron chi connectivity index (χ3n) is 5.84. The minimum atomic E-state index is -1.05. The molecule has 3 heterocycles. The molecule has 27 heavy (non-hydrogen) atoms. The van der Waals surface area contributed by atoms with E-state index in [0.717, 1.165) is 25.9 Å². The zero-order chi connectivity index (χ0) is 19.0. The molecule has 1 aliphatic carbocycles. The van der Waals surface area contributed by atoms with E-state index in [-0.39, 0.29) is 29.6 Å². The molecule has 0 bridgehead atoms. The molecule has 4 rings (SSSR count). The van der Waals surface area contributed by atoms with Gasteiger partial charge in [-0.25, -0.2) is 8.91 Å². The average Bonchev–Trinajstić information content (AvgIpc) is 3.34. The summed E-state index contributed by atoms with van der Waals surface area (Å²) in [4.78, 5) is 14.7. The number of hydrogen-bond acceptors (Lipinski definition) is 5. The number of carbonyl (C=O) groups is 1. The number of rotatable bonds is 4. The van der Waals surface area contributed by atoms with Crippen LogP contribution in [0, 0.1) is 5.82 Å². The van der Waals surface area contributed by atoms with Gasteiger partial charge in [0.2, 0.25) is 0 Å². The van der Waals surface area contributed by atoms with Crippen LogP contribution in [0.1, 0.15) is 48.9 Å². The molecule has 3 N–H and O–H groups in total. The first-order valence-electron chi connectivity index (χ1n) is 9.56. The lowest BCUT2D eigenvalue weighted by atomic mass is 9.82. The summed E-state index contributed by atoms with van der Waals surface area (Å²) >= 11 is 0. The highest BCUT2D eigenvalue weighted by Gasteiger charge is 2.33. The van der Waals surface area contributed by atoms with E-state index < -0.39 is 11.4 Å². The standard InChI is InChI=1S/C19H25FN4O3/c20-16-15(23-8-1-2-9-23)5-10-24-17(16)14(11-21-24)18(26)22-13-3-6-19(27,12-25)7-4-13/h5,10-11,13,25,27H,1-4,6-9,12H2,(H,22,26). The van der Waals surface area contributed by atoms with Crippen LogP contribution in [-0.2, 0) is 0 Å². The molecule has 0 unspecified atom stereocenters. The van der Waals surface area contributed by atoms with Gasteiger partial charge in [0.15, 0.2) is 5.82 Å². The fraction of sp³-hybridized carbons (Fsp3) is 0.579. The van der Waals surface area contributed by atoms with Gasteiger partial charge in [0.05, 0.1) is 29.7 Å². The van der Waals surface area contributed by atoms with Gasteiger partial charge in [-0.3, -0.25) is 4.79 Å². The summed E-state index contributed by atoms with van der Waals surface area (Å²) in [6, 6.07) is 1.60. The van der Waals surface area contributed by atoms with E-state index in [9.17, 15) is 15.0 Å². The average molecular weight is 376 g/mol. The van der Waals surface area contributed by atoms with Crippen LogP contribution in [0.4, 0.5) is 10.1 Å². The summed E-state index contributed by atoms with van der Waals surface area (Å²) in [6.45, 7) is 1.36. The molecule has 1 saturated carbocycles. The van der Waals surface area contributed by atoms with Gasteiger partial charge in [0, 0.05) is 25.3 Å². The van der Waals surface area contributed by atoms with Crippen molar-refractivity contribution >= 4 is 17.1 Å². The molecule has 2 fully saturated rings. The minimum Gasteiger partial charge on any atom is -0.393 e. The van der Waals surface area contributed by atoms with Crippen LogP contribution in [-0.4, -0.2) is 57.1 Å². The molecule has 0 atom stereocenters. The lowest BCUT2D eigenvalue weighted by Gasteiger charge is -2.34. The Kier molecular flexibility index (Phi) is 4.77. The number of nitrogens with one attached hydrogen (secondary N) is 1. The first-order chi connectivity index (χ1) is 13.0. The van der Waals surface area contributed by atoms with Gasteiger partial charge < -0.3 is 20.4 Å². The maximum Gasteiger partial charge on any atom is 0.255 e. The van der Waals surface area contributed by atoms with Crippen molar-refractivity contribution in [1.29, 1.82) is 0 Å². The molecule has 0 spiro atoms. The largest absolute Gasteiger partial charge is 0.393 e. The Morgan fingerprint density at radius 3 is 2.70 bits per heavy atom. The maximum absolute atomic E-state index is 15.2. The zero-order valence-electron chi connectivity index (χ0n) is 15.2. The molecule has 0 aromatic carbocycles. The molecule has 8 heteroatoms. The van der Waals surface area contributed by atoms with Gasteiger partial charge in [-0.1, -0.05) is 0 Å². The molecule has 1 saturated heterocycles.